The van der Waals surface area contributed by atoms with Gasteiger partial charge in [0.15, 0.2) is 0 Å². The Hall–Kier alpha value is -1.91. The van der Waals surface area contributed by atoms with Crippen molar-refractivity contribution in [1.29, 1.82) is 0 Å². The first kappa shape index (κ1) is 14.2. The first-order valence-electron chi connectivity index (χ1n) is 5.62. The molecule has 0 fully saturated rings. The van der Waals surface area contributed by atoms with E-state index in [1.807, 2.05) is 6.92 Å². The number of hydrogen-bond donors (Lipinski definition) is 2. The molecule has 5 heteroatoms. The Bertz CT molecular complexity index is 483. The molecule has 0 heterocycles. The van der Waals surface area contributed by atoms with Crippen LogP contribution in [-0.4, -0.2) is 17.0 Å². The molecular weight excluding hydrogens is 237 g/mol. The average molecular weight is 253 g/mol. The lowest BCUT2D eigenvalue weighted by Gasteiger charge is -2.21. The normalized spacial score (nSPS) is 11.1. The molecule has 1 amide bonds. The van der Waals surface area contributed by atoms with Crippen LogP contribution in [0.2, 0.25) is 0 Å². The minimum atomic E-state index is -1.36. The van der Waals surface area contributed by atoms with Crippen molar-refractivity contribution < 1.29 is 19.1 Å². The number of nitrogens with one attached hydrogen (secondary N) is 1. The van der Waals surface area contributed by atoms with Gasteiger partial charge in [-0.1, -0.05) is 20.8 Å². The maximum atomic E-state index is 13.2. The topological polar surface area (TPSA) is 66.4 Å². The second kappa shape index (κ2) is 5.16. The Morgan fingerprint density at radius 2 is 2.00 bits per heavy atom. The molecule has 0 aliphatic rings. The highest BCUT2D eigenvalue weighted by molar-refractivity contribution is 5.96. The second-order valence-electron chi connectivity index (χ2n) is 4.69. The fourth-order valence-electron chi connectivity index (χ4n) is 1.23. The molecule has 18 heavy (non-hydrogen) atoms. The molecule has 0 aromatic heterocycles. The highest BCUT2D eigenvalue weighted by Gasteiger charge is 2.25. The quantitative estimate of drug-likeness (QED) is 0.867. The number of hydrogen-bond acceptors (Lipinski definition) is 2. The van der Waals surface area contributed by atoms with Crippen molar-refractivity contribution in [3.63, 3.8) is 0 Å². The Morgan fingerprint density at radius 3 is 2.50 bits per heavy atom. The predicted octanol–water partition coefficient (Wildman–Crippen LogP) is 2.90. The minimum absolute atomic E-state index is 0.229. The molecule has 0 bridgehead atoms. The summed E-state index contributed by atoms with van der Waals surface area (Å²) in [4.78, 5) is 22.6. The number of carbonyl (C=O) groups is 2. The molecule has 0 spiro atoms. The van der Waals surface area contributed by atoms with E-state index in [1.165, 1.54) is 6.07 Å². The second-order valence-corrected chi connectivity index (χ2v) is 4.69. The van der Waals surface area contributed by atoms with Crippen molar-refractivity contribution in [1.82, 2.24) is 0 Å². The van der Waals surface area contributed by atoms with E-state index < -0.39 is 22.8 Å². The van der Waals surface area contributed by atoms with Crippen LogP contribution in [0.25, 0.3) is 0 Å². The minimum Gasteiger partial charge on any atom is -0.478 e. The van der Waals surface area contributed by atoms with E-state index >= 15 is 0 Å². The van der Waals surface area contributed by atoms with Crippen LogP contribution in [0.5, 0.6) is 0 Å². The van der Waals surface area contributed by atoms with E-state index in [9.17, 15) is 14.0 Å². The number of carbonyl (C=O) groups excluding carboxylic acids is 1. The highest BCUT2D eigenvalue weighted by atomic mass is 19.1. The standard InChI is InChI=1S/C13H16FNO3/c1-4-13(2,3)12(18)15-8-5-6-10(14)9(7-8)11(16)17/h5-7H,4H2,1-3H3,(H,15,18)(H,16,17). The Balaban J connectivity index is 2.96. The summed E-state index contributed by atoms with van der Waals surface area (Å²) in [6.07, 6.45) is 0.645. The molecule has 4 nitrogen and oxygen atoms in total. The van der Waals surface area contributed by atoms with Gasteiger partial charge in [-0.3, -0.25) is 4.79 Å². The van der Waals surface area contributed by atoms with Gasteiger partial charge in [-0.2, -0.15) is 0 Å². The number of amides is 1. The predicted molar refractivity (Wildman–Crippen MR) is 66.1 cm³/mol. The van der Waals surface area contributed by atoms with Crippen LogP contribution < -0.4 is 5.32 Å². The summed E-state index contributed by atoms with van der Waals surface area (Å²) in [6, 6.07) is 3.48. The van der Waals surface area contributed by atoms with E-state index in [0.29, 0.717) is 6.42 Å². The van der Waals surface area contributed by atoms with Crippen molar-refractivity contribution in [3.8, 4) is 0 Å². The lowest BCUT2D eigenvalue weighted by atomic mass is 9.89. The number of halogens is 1. The number of carboxylic acid groups (broad SMARTS) is 1. The van der Waals surface area contributed by atoms with Crippen LogP contribution in [0, 0.1) is 11.2 Å². The van der Waals surface area contributed by atoms with E-state index in [4.69, 9.17) is 5.11 Å². The Labute approximate surface area is 105 Å². The molecule has 1 aromatic carbocycles. The molecule has 2 N–H and O–H groups in total. The van der Waals surface area contributed by atoms with Gasteiger partial charge >= 0.3 is 5.97 Å². The average Bonchev–Trinajstić information content (AvgIpc) is 2.31. The van der Waals surface area contributed by atoms with Crippen LogP contribution in [0.1, 0.15) is 37.6 Å². The molecule has 0 aliphatic carbocycles. The van der Waals surface area contributed by atoms with Gasteiger partial charge in [-0.25, -0.2) is 9.18 Å². The summed E-state index contributed by atoms with van der Waals surface area (Å²) in [5.41, 5.74) is -0.736. The van der Waals surface area contributed by atoms with Gasteiger partial charge in [0, 0.05) is 11.1 Å². The van der Waals surface area contributed by atoms with Gasteiger partial charge in [0.25, 0.3) is 0 Å². The zero-order valence-corrected chi connectivity index (χ0v) is 10.6. The van der Waals surface area contributed by atoms with Gasteiger partial charge in [-0.15, -0.1) is 0 Å². The molecule has 0 saturated heterocycles. The monoisotopic (exact) mass is 253 g/mol. The maximum Gasteiger partial charge on any atom is 0.338 e. The van der Waals surface area contributed by atoms with E-state index in [1.54, 1.807) is 13.8 Å². The van der Waals surface area contributed by atoms with Crippen LogP contribution in [0.15, 0.2) is 18.2 Å². The van der Waals surface area contributed by atoms with Crippen LogP contribution >= 0.6 is 0 Å². The van der Waals surface area contributed by atoms with Crippen molar-refractivity contribution >= 4 is 17.6 Å². The third-order valence-electron chi connectivity index (χ3n) is 2.95. The molecule has 0 saturated carbocycles. The molecular formula is C13H16FNO3. The third kappa shape index (κ3) is 3.06. The summed E-state index contributed by atoms with van der Waals surface area (Å²) in [5.74, 6) is -2.42. The number of benzene rings is 1. The molecule has 1 aromatic rings. The Morgan fingerprint density at radius 1 is 1.39 bits per heavy atom. The van der Waals surface area contributed by atoms with E-state index in [0.717, 1.165) is 12.1 Å². The van der Waals surface area contributed by atoms with Gasteiger partial charge in [-0.05, 0) is 24.6 Å². The van der Waals surface area contributed by atoms with Gasteiger partial charge < -0.3 is 10.4 Å². The SMILES string of the molecule is CCC(C)(C)C(=O)Nc1ccc(F)c(C(=O)O)c1. The summed E-state index contributed by atoms with van der Waals surface area (Å²) in [7, 11) is 0. The van der Waals surface area contributed by atoms with Crippen LogP contribution in [0.3, 0.4) is 0 Å². The zero-order chi connectivity index (χ0) is 13.9. The maximum absolute atomic E-state index is 13.2. The van der Waals surface area contributed by atoms with Crippen molar-refractivity contribution in [2.24, 2.45) is 5.41 Å². The number of carboxylic acids is 1. The van der Waals surface area contributed by atoms with Gasteiger partial charge in [0.2, 0.25) is 5.91 Å². The summed E-state index contributed by atoms with van der Waals surface area (Å²) >= 11 is 0. The van der Waals surface area contributed by atoms with E-state index in [-0.39, 0.29) is 11.6 Å². The first-order valence-corrected chi connectivity index (χ1v) is 5.62. The molecule has 98 valence electrons. The van der Waals surface area contributed by atoms with Crippen molar-refractivity contribution in [3.05, 3.63) is 29.6 Å². The summed E-state index contributed by atoms with van der Waals surface area (Å²) in [6.45, 7) is 5.45. The fraction of sp³-hybridized carbons (Fsp3) is 0.385. The van der Waals surface area contributed by atoms with Crippen molar-refractivity contribution in [2.75, 3.05) is 5.32 Å². The van der Waals surface area contributed by atoms with Gasteiger partial charge in [0.1, 0.15) is 5.82 Å². The Kier molecular flexibility index (Phi) is 4.06. The largest absolute Gasteiger partial charge is 0.478 e. The lowest BCUT2D eigenvalue weighted by Crippen LogP contribution is -2.30. The number of anilines is 1. The van der Waals surface area contributed by atoms with Crippen LogP contribution in [0.4, 0.5) is 10.1 Å². The lowest BCUT2D eigenvalue weighted by molar-refractivity contribution is -0.124. The van der Waals surface area contributed by atoms with E-state index in [2.05, 4.69) is 5.32 Å². The number of rotatable bonds is 4. The molecule has 0 atom stereocenters. The fourth-order valence-corrected chi connectivity index (χ4v) is 1.23. The molecule has 0 aliphatic heterocycles. The third-order valence-corrected chi connectivity index (χ3v) is 2.95. The number of aromatic carboxylic acids is 1. The zero-order valence-electron chi connectivity index (χ0n) is 10.6. The van der Waals surface area contributed by atoms with Gasteiger partial charge in [0.05, 0.1) is 5.56 Å². The molecule has 0 radical (unpaired) electrons. The van der Waals surface area contributed by atoms with Crippen LogP contribution in [-0.2, 0) is 4.79 Å². The molecule has 1 rings (SSSR count). The summed E-state index contributed by atoms with van der Waals surface area (Å²) in [5, 5.41) is 11.4. The first-order chi connectivity index (χ1) is 8.27. The summed E-state index contributed by atoms with van der Waals surface area (Å²) < 4.78 is 13.2. The highest BCUT2D eigenvalue weighted by Crippen LogP contribution is 2.23. The van der Waals surface area contributed by atoms with Crippen molar-refractivity contribution in [2.45, 2.75) is 27.2 Å². The molecule has 0 unspecified atom stereocenters. The smallest absolute Gasteiger partial charge is 0.338 e.